The third-order valence-electron chi connectivity index (χ3n) is 5.05. The van der Waals surface area contributed by atoms with E-state index in [9.17, 15) is 19.2 Å². The van der Waals surface area contributed by atoms with Crippen molar-refractivity contribution in [3.05, 3.63) is 53.6 Å². The number of Topliss-reactive ketones (excluding diaryl/α,β-unsaturated/α-hetero) is 1. The van der Waals surface area contributed by atoms with Crippen LogP contribution in [-0.2, 0) is 14.3 Å². The third kappa shape index (κ3) is 5.32. The zero-order valence-electron chi connectivity index (χ0n) is 18.3. The summed E-state index contributed by atoms with van der Waals surface area (Å²) in [5.41, 5.74) is 1.86. The first-order chi connectivity index (χ1) is 15.3. The summed E-state index contributed by atoms with van der Waals surface area (Å²) in [7, 11) is 1.64. The van der Waals surface area contributed by atoms with Crippen molar-refractivity contribution in [3.63, 3.8) is 0 Å². The van der Waals surface area contributed by atoms with Gasteiger partial charge in [0.15, 0.2) is 11.9 Å². The molecule has 0 aromatic heterocycles. The first-order valence-corrected chi connectivity index (χ1v) is 10.5. The van der Waals surface area contributed by atoms with E-state index >= 15 is 0 Å². The van der Waals surface area contributed by atoms with E-state index in [1.165, 1.54) is 4.90 Å². The third-order valence-corrected chi connectivity index (χ3v) is 5.05. The van der Waals surface area contributed by atoms with Crippen LogP contribution in [0.2, 0.25) is 0 Å². The minimum atomic E-state index is -0.575. The molecule has 0 spiro atoms. The summed E-state index contributed by atoms with van der Waals surface area (Å²) in [6.07, 6.45) is 0.180. The van der Waals surface area contributed by atoms with Gasteiger partial charge in [0.25, 0.3) is 5.91 Å². The highest BCUT2D eigenvalue weighted by Crippen LogP contribution is 2.34. The van der Waals surface area contributed by atoms with Crippen molar-refractivity contribution < 1.29 is 28.7 Å². The molecule has 0 saturated heterocycles. The minimum Gasteiger partial charge on any atom is -0.479 e. The molecule has 0 fully saturated rings. The number of hydrogen-bond acceptors (Lipinski definition) is 6. The van der Waals surface area contributed by atoms with E-state index in [-0.39, 0.29) is 30.4 Å². The van der Waals surface area contributed by atoms with Gasteiger partial charge in [0.1, 0.15) is 5.75 Å². The van der Waals surface area contributed by atoms with Crippen molar-refractivity contribution in [2.24, 2.45) is 0 Å². The Morgan fingerprint density at radius 1 is 1.06 bits per heavy atom. The topological polar surface area (TPSA) is 102 Å². The van der Waals surface area contributed by atoms with Crippen LogP contribution in [-0.4, -0.2) is 43.3 Å². The number of likely N-dealkylation sites (N-methyl/N-ethyl adjacent to an activating group) is 1. The molecule has 1 aliphatic rings. The molecular formula is C24H26N2O6. The fourth-order valence-corrected chi connectivity index (χ4v) is 3.25. The van der Waals surface area contributed by atoms with Gasteiger partial charge >= 0.3 is 5.97 Å². The molecular weight excluding hydrogens is 412 g/mol. The summed E-state index contributed by atoms with van der Waals surface area (Å²) in [4.78, 5) is 50.2. The van der Waals surface area contributed by atoms with E-state index in [0.717, 1.165) is 6.42 Å². The van der Waals surface area contributed by atoms with Gasteiger partial charge < -0.3 is 19.7 Å². The maximum absolute atomic E-state index is 12.6. The molecule has 0 saturated carbocycles. The Labute approximate surface area is 186 Å². The molecule has 3 rings (SSSR count). The lowest BCUT2D eigenvalue weighted by Gasteiger charge is -2.30. The first-order valence-electron chi connectivity index (χ1n) is 10.5. The average Bonchev–Trinajstić information content (AvgIpc) is 2.79. The van der Waals surface area contributed by atoms with Crippen LogP contribution in [0.25, 0.3) is 0 Å². The van der Waals surface area contributed by atoms with Crippen LogP contribution in [0.15, 0.2) is 42.5 Å². The van der Waals surface area contributed by atoms with Crippen molar-refractivity contribution in [3.8, 4) is 5.75 Å². The Bertz CT molecular complexity index is 1030. The van der Waals surface area contributed by atoms with Crippen LogP contribution in [0.5, 0.6) is 5.75 Å². The molecule has 2 amide bonds. The standard InChI is InChI=1S/C24H26N2O6/c1-4-13-31-24(30)16-5-8-18(9-6-16)25-22(28)12-10-20(27)17-7-11-21-19(14-17)26(3)23(29)15(2)32-21/h5-9,11,14-15H,4,10,12-13H2,1-3H3,(H,25,28). The Balaban J connectivity index is 1.55. The number of carbonyl (C=O) groups is 4. The Morgan fingerprint density at radius 2 is 1.75 bits per heavy atom. The molecule has 32 heavy (non-hydrogen) atoms. The van der Waals surface area contributed by atoms with Crippen molar-refractivity contribution >= 4 is 34.9 Å². The van der Waals surface area contributed by atoms with E-state index in [1.54, 1.807) is 56.4 Å². The van der Waals surface area contributed by atoms with Gasteiger partial charge in [-0.25, -0.2) is 4.79 Å². The number of esters is 1. The number of amides is 2. The second kappa shape index (κ2) is 10.1. The molecule has 1 atom stereocenters. The summed E-state index contributed by atoms with van der Waals surface area (Å²) in [5.74, 6) is -0.590. The molecule has 8 heteroatoms. The van der Waals surface area contributed by atoms with Gasteiger partial charge in [0, 0.05) is 31.1 Å². The van der Waals surface area contributed by atoms with Gasteiger partial charge in [-0.1, -0.05) is 6.92 Å². The van der Waals surface area contributed by atoms with E-state index in [4.69, 9.17) is 9.47 Å². The highest BCUT2D eigenvalue weighted by molar-refractivity contribution is 6.04. The lowest BCUT2D eigenvalue weighted by Crippen LogP contribution is -2.42. The van der Waals surface area contributed by atoms with Crippen LogP contribution >= 0.6 is 0 Å². The van der Waals surface area contributed by atoms with Crippen LogP contribution in [0.3, 0.4) is 0 Å². The zero-order chi connectivity index (χ0) is 23.3. The number of benzene rings is 2. The molecule has 1 heterocycles. The Hall–Kier alpha value is -3.68. The van der Waals surface area contributed by atoms with Crippen molar-refractivity contribution in [1.82, 2.24) is 0 Å². The second-order valence-corrected chi connectivity index (χ2v) is 7.52. The molecule has 168 valence electrons. The molecule has 0 bridgehead atoms. The number of anilines is 2. The monoisotopic (exact) mass is 438 g/mol. The molecule has 1 N–H and O–H groups in total. The largest absolute Gasteiger partial charge is 0.479 e. The molecule has 2 aromatic rings. The normalized spacial score (nSPS) is 14.9. The lowest BCUT2D eigenvalue weighted by molar-refractivity contribution is -0.125. The smallest absolute Gasteiger partial charge is 0.338 e. The van der Waals surface area contributed by atoms with E-state index < -0.39 is 12.1 Å². The SMILES string of the molecule is CCCOC(=O)c1ccc(NC(=O)CCC(=O)c2ccc3c(c2)N(C)C(=O)C(C)O3)cc1. The van der Waals surface area contributed by atoms with Gasteiger partial charge in [0.05, 0.1) is 17.9 Å². The van der Waals surface area contributed by atoms with Crippen molar-refractivity contribution in [2.75, 3.05) is 23.9 Å². The van der Waals surface area contributed by atoms with Gasteiger partial charge in [-0.05, 0) is 55.8 Å². The lowest BCUT2D eigenvalue weighted by atomic mass is 10.0. The first kappa shape index (κ1) is 23.0. The minimum absolute atomic E-state index is 0.00147. The van der Waals surface area contributed by atoms with Gasteiger partial charge in [-0.15, -0.1) is 0 Å². The zero-order valence-corrected chi connectivity index (χ0v) is 18.3. The highest BCUT2D eigenvalue weighted by Gasteiger charge is 2.29. The van der Waals surface area contributed by atoms with Gasteiger partial charge in [-0.2, -0.15) is 0 Å². The second-order valence-electron chi connectivity index (χ2n) is 7.52. The predicted molar refractivity (Wildman–Crippen MR) is 119 cm³/mol. The summed E-state index contributed by atoms with van der Waals surface area (Å²) < 4.78 is 10.6. The molecule has 0 aliphatic carbocycles. The average molecular weight is 438 g/mol. The maximum atomic E-state index is 12.6. The highest BCUT2D eigenvalue weighted by atomic mass is 16.5. The number of hydrogen-bond donors (Lipinski definition) is 1. The molecule has 1 aliphatic heterocycles. The summed E-state index contributed by atoms with van der Waals surface area (Å²) in [5, 5.41) is 2.71. The molecule has 1 unspecified atom stereocenters. The van der Waals surface area contributed by atoms with Crippen molar-refractivity contribution in [2.45, 2.75) is 39.2 Å². The number of ether oxygens (including phenoxy) is 2. The van der Waals surface area contributed by atoms with Crippen LogP contribution in [0, 0.1) is 0 Å². The van der Waals surface area contributed by atoms with Crippen LogP contribution in [0.1, 0.15) is 53.8 Å². The number of ketones is 1. The van der Waals surface area contributed by atoms with E-state index in [0.29, 0.717) is 34.9 Å². The Morgan fingerprint density at radius 3 is 2.44 bits per heavy atom. The molecule has 8 nitrogen and oxygen atoms in total. The maximum Gasteiger partial charge on any atom is 0.338 e. The van der Waals surface area contributed by atoms with Crippen LogP contribution < -0.4 is 15.0 Å². The number of nitrogens with one attached hydrogen (secondary N) is 1. The van der Waals surface area contributed by atoms with Crippen LogP contribution in [0.4, 0.5) is 11.4 Å². The summed E-state index contributed by atoms with van der Waals surface area (Å²) >= 11 is 0. The number of nitrogens with zero attached hydrogens (tertiary/aromatic N) is 1. The number of rotatable bonds is 8. The number of carbonyl (C=O) groups excluding carboxylic acids is 4. The van der Waals surface area contributed by atoms with E-state index in [2.05, 4.69) is 5.32 Å². The summed E-state index contributed by atoms with van der Waals surface area (Å²) in [6, 6.07) is 11.3. The quantitative estimate of drug-likeness (QED) is 0.499. The van der Waals surface area contributed by atoms with Crippen molar-refractivity contribution in [1.29, 1.82) is 0 Å². The number of fused-ring (bicyclic) bond motifs is 1. The summed E-state index contributed by atoms with van der Waals surface area (Å²) in [6.45, 7) is 3.94. The predicted octanol–water partition coefficient (Wildman–Crippen LogP) is 3.60. The molecule has 0 radical (unpaired) electrons. The Kier molecular flexibility index (Phi) is 7.25. The fourth-order valence-electron chi connectivity index (χ4n) is 3.25. The van der Waals surface area contributed by atoms with Gasteiger partial charge in [0.2, 0.25) is 5.91 Å². The fraction of sp³-hybridized carbons (Fsp3) is 0.333. The van der Waals surface area contributed by atoms with E-state index in [1.807, 2.05) is 6.92 Å². The van der Waals surface area contributed by atoms with Gasteiger partial charge in [-0.3, -0.25) is 14.4 Å². The molecule has 2 aromatic carbocycles.